The normalized spacial score (nSPS) is 22.4. The SMILES string of the molecule is CCC(=O)N1CC(C)(C)SC12C(=O)N(Cc1ccccc1C)c1ccc(Cl)cc12. The average molecular weight is 429 g/mol. The molecule has 2 aromatic rings. The van der Waals surface area contributed by atoms with Crippen molar-refractivity contribution >= 4 is 40.9 Å². The number of aryl methyl sites for hydroxylation is 1. The maximum Gasteiger partial charge on any atom is 0.268 e. The first-order valence-corrected chi connectivity index (χ1v) is 11.1. The predicted octanol–water partition coefficient (Wildman–Crippen LogP) is 5.11. The zero-order valence-electron chi connectivity index (χ0n) is 17.2. The Morgan fingerprint density at radius 1 is 1.21 bits per heavy atom. The van der Waals surface area contributed by atoms with Gasteiger partial charge in [0.1, 0.15) is 0 Å². The fourth-order valence-electron chi connectivity index (χ4n) is 4.33. The van der Waals surface area contributed by atoms with Crippen LogP contribution in [0, 0.1) is 6.92 Å². The average Bonchev–Trinajstić information content (AvgIpc) is 3.09. The van der Waals surface area contributed by atoms with Gasteiger partial charge in [-0.2, -0.15) is 0 Å². The van der Waals surface area contributed by atoms with Crippen LogP contribution in [-0.2, 0) is 21.0 Å². The van der Waals surface area contributed by atoms with Crippen molar-refractivity contribution in [2.45, 2.75) is 50.3 Å². The van der Waals surface area contributed by atoms with Gasteiger partial charge in [0.05, 0.1) is 12.2 Å². The number of hydrogen-bond acceptors (Lipinski definition) is 3. The third-order valence-corrected chi connectivity index (χ3v) is 7.51. The molecule has 29 heavy (non-hydrogen) atoms. The molecule has 2 heterocycles. The summed E-state index contributed by atoms with van der Waals surface area (Å²) in [6, 6.07) is 13.7. The third-order valence-electron chi connectivity index (χ3n) is 5.69. The molecule has 1 atom stereocenters. The first-order valence-electron chi connectivity index (χ1n) is 9.87. The van der Waals surface area contributed by atoms with E-state index < -0.39 is 4.87 Å². The minimum atomic E-state index is -1.06. The molecule has 4 rings (SSSR count). The number of carbonyl (C=O) groups is 2. The Labute approximate surface area is 181 Å². The number of anilines is 1. The van der Waals surface area contributed by atoms with E-state index in [1.807, 2.05) is 48.2 Å². The van der Waals surface area contributed by atoms with Crippen LogP contribution in [0.25, 0.3) is 0 Å². The molecule has 152 valence electrons. The Bertz CT molecular complexity index is 1010. The number of thioether (sulfide) groups is 1. The first-order chi connectivity index (χ1) is 13.7. The summed E-state index contributed by atoms with van der Waals surface area (Å²) < 4.78 is -0.237. The summed E-state index contributed by atoms with van der Waals surface area (Å²) in [5.41, 5.74) is 3.88. The van der Waals surface area contributed by atoms with Gasteiger partial charge < -0.3 is 9.80 Å². The molecule has 1 saturated heterocycles. The van der Waals surface area contributed by atoms with Crippen molar-refractivity contribution in [3.05, 3.63) is 64.2 Å². The Kier molecular flexibility index (Phi) is 4.94. The second kappa shape index (κ2) is 7.06. The monoisotopic (exact) mass is 428 g/mol. The molecule has 0 aromatic heterocycles. The summed E-state index contributed by atoms with van der Waals surface area (Å²) in [5, 5.41) is 0.572. The molecule has 0 saturated carbocycles. The highest BCUT2D eigenvalue weighted by atomic mass is 35.5. The van der Waals surface area contributed by atoms with Crippen molar-refractivity contribution in [2.75, 3.05) is 11.4 Å². The lowest BCUT2D eigenvalue weighted by Crippen LogP contribution is -2.50. The molecule has 0 N–H and O–H groups in total. The molecule has 1 unspecified atom stereocenters. The van der Waals surface area contributed by atoms with Gasteiger partial charge in [0.15, 0.2) is 4.87 Å². The number of carbonyl (C=O) groups excluding carboxylic acids is 2. The van der Waals surface area contributed by atoms with Gasteiger partial charge in [0.2, 0.25) is 5.91 Å². The van der Waals surface area contributed by atoms with E-state index in [4.69, 9.17) is 11.6 Å². The van der Waals surface area contributed by atoms with Crippen molar-refractivity contribution in [2.24, 2.45) is 0 Å². The van der Waals surface area contributed by atoms with Crippen molar-refractivity contribution < 1.29 is 9.59 Å². The van der Waals surface area contributed by atoms with Gasteiger partial charge in [0.25, 0.3) is 5.91 Å². The Hall–Kier alpha value is -1.98. The highest BCUT2D eigenvalue weighted by molar-refractivity contribution is 8.02. The second-order valence-corrected chi connectivity index (χ2v) is 10.7. The molecule has 2 aliphatic rings. The number of rotatable bonds is 3. The van der Waals surface area contributed by atoms with Crippen molar-refractivity contribution in [3.63, 3.8) is 0 Å². The lowest BCUT2D eigenvalue weighted by molar-refractivity contribution is -0.140. The molecule has 0 aliphatic carbocycles. The molecule has 1 spiro atoms. The van der Waals surface area contributed by atoms with E-state index in [1.54, 1.807) is 16.7 Å². The van der Waals surface area contributed by atoms with Crippen LogP contribution >= 0.6 is 23.4 Å². The summed E-state index contributed by atoms with van der Waals surface area (Å²) in [6.07, 6.45) is 0.360. The van der Waals surface area contributed by atoms with E-state index in [2.05, 4.69) is 26.8 Å². The number of halogens is 1. The van der Waals surface area contributed by atoms with Crippen LogP contribution < -0.4 is 4.90 Å². The number of hydrogen-bond donors (Lipinski definition) is 0. The van der Waals surface area contributed by atoms with E-state index in [9.17, 15) is 9.59 Å². The minimum absolute atomic E-state index is 0.0138. The number of benzene rings is 2. The molecule has 2 aliphatic heterocycles. The summed E-state index contributed by atoms with van der Waals surface area (Å²) >= 11 is 7.92. The van der Waals surface area contributed by atoms with Gasteiger partial charge in [-0.1, -0.05) is 42.8 Å². The summed E-state index contributed by atoms with van der Waals surface area (Å²) in [6.45, 7) is 9.06. The minimum Gasteiger partial charge on any atom is -0.314 e. The van der Waals surface area contributed by atoms with E-state index in [1.165, 1.54) is 0 Å². The molecule has 1 fully saturated rings. The van der Waals surface area contributed by atoms with E-state index in [0.717, 1.165) is 22.4 Å². The second-order valence-electron chi connectivity index (χ2n) is 8.32. The molecule has 2 aromatic carbocycles. The third kappa shape index (κ3) is 3.15. The Morgan fingerprint density at radius 3 is 2.62 bits per heavy atom. The number of amides is 2. The Morgan fingerprint density at radius 2 is 1.93 bits per heavy atom. The highest BCUT2D eigenvalue weighted by Crippen LogP contribution is 2.60. The summed E-state index contributed by atoms with van der Waals surface area (Å²) in [4.78, 5) is 29.5. The first kappa shape index (κ1) is 20.3. The van der Waals surface area contributed by atoms with E-state index in [-0.39, 0.29) is 16.6 Å². The highest BCUT2D eigenvalue weighted by Gasteiger charge is 2.63. The maximum absolute atomic E-state index is 14.0. The van der Waals surface area contributed by atoms with E-state index >= 15 is 0 Å². The van der Waals surface area contributed by atoms with Crippen LogP contribution in [0.2, 0.25) is 5.02 Å². The van der Waals surface area contributed by atoms with Gasteiger partial charge >= 0.3 is 0 Å². The van der Waals surface area contributed by atoms with Crippen LogP contribution in [0.15, 0.2) is 42.5 Å². The zero-order valence-corrected chi connectivity index (χ0v) is 18.7. The lowest BCUT2D eigenvalue weighted by Gasteiger charge is -2.33. The van der Waals surface area contributed by atoms with Gasteiger partial charge in [-0.25, -0.2) is 0 Å². The van der Waals surface area contributed by atoms with Gasteiger partial charge in [0, 0.05) is 28.3 Å². The quantitative estimate of drug-likeness (QED) is 0.681. The number of nitrogens with zero attached hydrogens (tertiary/aromatic N) is 2. The van der Waals surface area contributed by atoms with Crippen LogP contribution in [0.3, 0.4) is 0 Å². The maximum atomic E-state index is 14.0. The fraction of sp³-hybridized carbons (Fsp3) is 0.391. The number of fused-ring (bicyclic) bond motifs is 2. The fourth-order valence-corrected chi connectivity index (χ4v) is 6.24. The topological polar surface area (TPSA) is 40.6 Å². The van der Waals surface area contributed by atoms with Crippen LogP contribution in [0.4, 0.5) is 5.69 Å². The van der Waals surface area contributed by atoms with Crippen molar-refractivity contribution in [3.8, 4) is 0 Å². The molecular weight excluding hydrogens is 404 g/mol. The zero-order chi connectivity index (χ0) is 21.0. The van der Waals surface area contributed by atoms with Crippen molar-refractivity contribution in [1.29, 1.82) is 0 Å². The molecule has 2 amide bonds. The Balaban J connectivity index is 1.88. The molecule has 0 radical (unpaired) electrons. The molecule has 4 nitrogen and oxygen atoms in total. The van der Waals surface area contributed by atoms with Crippen molar-refractivity contribution in [1.82, 2.24) is 4.90 Å². The summed E-state index contributed by atoms with van der Waals surface area (Å²) in [5.74, 6) is -0.0736. The van der Waals surface area contributed by atoms with Gasteiger partial charge in [-0.3, -0.25) is 9.59 Å². The van der Waals surface area contributed by atoms with Gasteiger partial charge in [-0.15, -0.1) is 11.8 Å². The standard InChI is InChI=1S/C23H25ClN2O2S/c1-5-20(27)26-14-22(3,4)29-23(26)18-12-17(24)10-11-19(18)25(21(23)28)13-16-9-7-6-8-15(16)2/h6-12H,5,13-14H2,1-4H3. The lowest BCUT2D eigenvalue weighted by atomic mass is 10.0. The summed E-state index contributed by atoms with van der Waals surface area (Å²) in [7, 11) is 0. The van der Waals surface area contributed by atoms with Crippen LogP contribution in [-0.4, -0.2) is 28.0 Å². The van der Waals surface area contributed by atoms with E-state index in [0.29, 0.717) is 24.5 Å². The van der Waals surface area contributed by atoms with Crippen LogP contribution in [0.1, 0.15) is 43.9 Å². The van der Waals surface area contributed by atoms with Crippen LogP contribution in [0.5, 0.6) is 0 Å². The molecule has 6 heteroatoms. The molecular formula is C23H25ClN2O2S. The largest absolute Gasteiger partial charge is 0.314 e. The smallest absolute Gasteiger partial charge is 0.268 e. The predicted molar refractivity (Wildman–Crippen MR) is 119 cm³/mol. The van der Waals surface area contributed by atoms with Gasteiger partial charge in [-0.05, 0) is 50.1 Å². The molecule has 0 bridgehead atoms.